The van der Waals surface area contributed by atoms with Gasteiger partial charge in [-0.15, -0.1) is 0 Å². The molecule has 0 aliphatic heterocycles. The van der Waals surface area contributed by atoms with Crippen LogP contribution in [-0.4, -0.2) is 43.3 Å². The molecule has 3 N–H and O–H groups in total. The highest BCUT2D eigenvalue weighted by molar-refractivity contribution is 5.95. The second-order valence-corrected chi connectivity index (χ2v) is 3.30. The van der Waals surface area contributed by atoms with Gasteiger partial charge in [-0.3, -0.25) is 4.98 Å². The van der Waals surface area contributed by atoms with Gasteiger partial charge in [-0.2, -0.15) is 0 Å². The number of rotatable bonds is 5. The van der Waals surface area contributed by atoms with E-state index in [2.05, 4.69) is 10.1 Å². The van der Waals surface area contributed by atoms with E-state index < -0.39 is 0 Å². The van der Waals surface area contributed by atoms with Gasteiger partial charge in [0.2, 0.25) is 0 Å². The maximum atomic E-state index is 8.55. The van der Waals surface area contributed by atoms with E-state index in [1.165, 1.54) is 0 Å². The third kappa shape index (κ3) is 3.09. The number of anilines is 1. The summed E-state index contributed by atoms with van der Waals surface area (Å²) in [5.41, 5.74) is 6.84. The van der Waals surface area contributed by atoms with Crippen LogP contribution >= 0.6 is 0 Å². The van der Waals surface area contributed by atoms with Crippen molar-refractivity contribution in [2.45, 2.75) is 0 Å². The molecule has 0 bridgehead atoms. The molecule has 0 aliphatic rings. The first kappa shape index (κ1) is 12.3. The normalized spacial score (nSPS) is 11.5. The van der Waals surface area contributed by atoms with Crippen LogP contribution in [0.1, 0.15) is 5.69 Å². The summed E-state index contributed by atoms with van der Waals surface area (Å²) >= 11 is 0. The first-order valence-electron chi connectivity index (χ1n) is 4.83. The Morgan fingerprint density at radius 2 is 2.44 bits per heavy atom. The van der Waals surface area contributed by atoms with Crippen LogP contribution in [0.4, 0.5) is 5.69 Å². The van der Waals surface area contributed by atoms with E-state index in [0.29, 0.717) is 12.3 Å². The zero-order valence-electron chi connectivity index (χ0n) is 9.42. The molecule has 0 unspecified atom stereocenters. The van der Waals surface area contributed by atoms with Crippen molar-refractivity contribution in [1.82, 2.24) is 4.98 Å². The van der Waals surface area contributed by atoms with E-state index in [1.807, 2.05) is 18.0 Å². The van der Waals surface area contributed by atoms with Gasteiger partial charge in [0, 0.05) is 32.6 Å². The molecule has 0 aromatic carbocycles. The second kappa shape index (κ2) is 5.92. The summed E-state index contributed by atoms with van der Waals surface area (Å²) in [6.07, 6.45) is 1.62. The van der Waals surface area contributed by atoms with Crippen molar-refractivity contribution in [3.8, 4) is 0 Å². The third-order valence-corrected chi connectivity index (χ3v) is 2.19. The van der Waals surface area contributed by atoms with Crippen molar-refractivity contribution < 1.29 is 9.94 Å². The molecule has 0 aliphatic carbocycles. The topological polar surface area (TPSA) is 84.0 Å². The average molecular weight is 224 g/mol. The number of aromatic nitrogens is 1. The lowest BCUT2D eigenvalue weighted by Gasteiger charge is -2.18. The van der Waals surface area contributed by atoms with Gasteiger partial charge in [-0.25, -0.2) is 0 Å². The molecular weight excluding hydrogens is 208 g/mol. The Morgan fingerprint density at radius 3 is 3.06 bits per heavy atom. The molecule has 0 spiro atoms. The Balaban J connectivity index is 2.81. The Bertz CT molecular complexity index is 368. The van der Waals surface area contributed by atoms with Crippen LogP contribution in [-0.2, 0) is 4.74 Å². The summed E-state index contributed by atoms with van der Waals surface area (Å²) in [7, 11) is 3.59. The molecule has 1 aromatic rings. The van der Waals surface area contributed by atoms with E-state index in [4.69, 9.17) is 15.7 Å². The molecule has 1 rings (SSSR count). The summed E-state index contributed by atoms with van der Waals surface area (Å²) < 4.78 is 4.99. The van der Waals surface area contributed by atoms with E-state index in [0.717, 1.165) is 12.2 Å². The summed E-state index contributed by atoms with van der Waals surface area (Å²) in [5, 5.41) is 11.5. The van der Waals surface area contributed by atoms with Crippen LogP contribution in [0.15, 0.2) is 23.5 Å². The molecule has 6 heteroatoms. The number of nitrogens with two attached hydrogens (primary N) is 1. The lowest BCUT2D eigenvalue weighted by atomic mass is 10.3. The van der Waals surface area contributed by atoms with E-state index in [1.54, 1.807) is 19.4 Å². The molecule has 0 radical (unpaired) electrons. The number of pyridine rings is 1. The number of nitrogens with zero attached hydrogens (tertiary/aromatic N) is 3. The van der Waals surface area contributed by atoms with Crippen LogP contribution in [0.3, 0.4) is 0 Å². The number of likely N-dealkylation sites (N-methyl/N-ethyl adjacent to an activating group) is 1. The second-order valence-electron chi connectivity index (χ2n) is 3.30. The fourth-order valence-corrected chi connectivity index (χ4v) is 1.21. The monoisotopic (exact) mass is 224 g/mol. The largest absolute Gasteiger partial charge is 0.409 e. The lowest BCUT2D eigenvalue weighted by molar-refractivity contribution is 0.206. The molecule has 88 valence electrons. The minimum Gasteiger partial charge on any atom is -0.409 e. The fourth-order valence-electron chi connectivity index (χ4n) is 1.21. The van der Waals surface area contributed by atoms with Crippen LogP contribution in [0.2, 0.25) is 0 Å². The molecule has 0 saturated carbocycles. The molecular formula is C10H16N4O2. The van der Waals surface area contributed by atoms with E-state index in [-0.39, 0.29) is 5.84 Å². The van der Waals surface area contributed by atoms with Crippen LogP contribution in [0.5, 0.6) is 0 Å². The summed E-state index contributed by atoms with van der Waals surface area (Å²) in [6.45, 7) is 1.40. The van der Waals surface area contributed by atoms with Crippen molar-refractivity contribution in [1.29, 1.82) is 0 Å². The van der Waals surface area contributed by atoms with E-state index >= 15 is 0 Å². The van der Waals surface area contributed by atoms with Crippen LogP contribution < -0.4 is 10.6 Å². The lowest BCUT2D eigenvalue weighted by Crippen LogP contribution is -2.23. The Morgan fingerprint density at radius 1 is 1.69 bits per heavy atom. The highest BCUT2D eigenvalue weighted by Crippen LogP contribution is 2.12. The zero-order chi connectivity index (χ0) is 12.0. The molecule has 0 amide bonds. The average Bonchev–Trinajstić information content (AvgIpc) is 2.35. The van der Waals surface area contributed by atoms with Crippen molar-refractivity contribution in [3.05, 3.63) is 24.0 Å². The summed E-state index contributed by atoms with van der Waals surface area (Å²) in [6, 6.07) is 3.61. The van der Waals surface area contributed by atoms with Gasteiger partial charge < -0.3 is 20.6 Å². The summed E-state index contributed by atoms with van der Waals surface area (Å²) in [5.74, 6) is 0.00184. The molecule has 0 fully saturated rings. The number of hydrogen-bond acceptors (Lipinski definition) is 5. The van der Waals surface area contributed by atoms with Crippen molar-refractivity contribution in [3.63, 3.8) is 0 Å². The number of oxime groups is 1. The maximum absolute atomic E-state index is 8.55. The van der Waals surface area contributed by atoms with Crippen molar-refractivity contribution in [2.24, 2.45) is 10.9 Å². The first-order chi connectivity index (χ1) is 7.69. The zero-order valence-corrected chi connectivity index (χ0v) is 9.42. The predicted octanol–water partition coefficient (Wildman–Crippen LogP) is 0.259. The Kier molecular flexibility index (Phi) is 4.53. The first-order valence-corrected chi connectivity index (χ1v) is 4.83. The highest BCUT2D eigenvalue weighted by Gasteiger charge is 2.05. The van der Waals surface area contributed by atoms with Crippen LogP contribution in [0, 0.1) is 0 Å². The predicted molar refractivity (Wildman–Crippen MR) is 61.9 cm³/mol. The van der Waals surface area contributed by atoms with Crippen LogP contribution in [0.25, 0.3) is 0 Å². The van der Waals surface area contributed by atoms with E-state index in [9.17, 15) is 0 Å². The smallest absolute Gasteiger partial charge is 0.188 e. The molecule has 1 heterocycles. The molecule has 1 aromatic heterocycles. The van der Waals surface area contributed by atoms with Crippen molar-refractivity contribution >= 4 is 11.5 Å². The minimum absolute atomic E-state index is 0.00184. The molecule has 0 saturated heterocycles. The third-order valence-electron chi connectivity index (χ3n) is 2.19. The van der Waals surface area contributed by atoms with Gasteiger partial charge in [0.25, 0.3) is 0 Å². The number of methoxy groups -OCH3 is 1. The van der Waals surface area contributed by atoms with Gasteiger partial charge >= 0.3 is 0 Å². The van der Waals surface area contributed by atoms with Gasteiger partial charge in [-0.05, 0) is 12.1 Å². The van der Waals surface area contributed by atoms with Gasteiger partial charge in [0.15, 0.2) is 5.84 Å². The number of hydrogen-bond donors (Lipinski definition) is 2. The highest BCUT2D eigenvalue weighted by atomic mass is 16.5. The van der Waals surface area contributed by atoms with Gasteiger partial charge in [0.1, 0.15) is 5.69 Å². The number of amidine groups is 1. The molecule has 6 nitrogen and oxygen atoms in total. The van der Waals surface area contributed by atoms with Gasteiger partial charge in [-0.1, -0.05) is 5.16 Å². The molecule has 16 heavy (non-hydrogen) atoms. The summed E-state index contributed by atoms with van der Waals surface area (Å²) in [4.78, 5) is 6.00. The quantitative estimate of drug-likeness (QED) is 0.324. The van der Waals surface area contributed by atoms with Crippen molar-refractivity contribution in [2.75, 3.05) is 32.2 Å². The maximum Gasteiger partial charge on any atom is 0.188 e. The van der Waals surface area contributed by atoms with Gasteiger partial charge in [0.05, 0.1) is 6.61 Å². The Hall–Kier alpha value is -1.82. The molecule has 0 atom stereocenters. The SMILES string of the molecule is COCCN(C)c1ccnc(C(N)=NO)c1. The number of ether oxygens (including phenoxy) is 1. The fraction of sp³-hybridized carbons (Fsp3) is 0.400. The standard InChI is InChI=1S/C10H16N4O2/c1-14(5-6-16-2)8-3-4-12-9(7-8)10(11)13-15/h3-4,7,15H,5-6H2,1-2H3,(H2,11,13). The Labute approximate surface area is 94.3 Å². The minimum atomic E-state index is 0.00184.